The quantitative estimate of drug-likeness (QED) is 0.635. The zero-order chi connectivity index (χ0) is 19.9. The van der Waals surface area contributed by atoms with Crippen LogP contribution in [0.25, 0.3) is 0 Å². The lowest BCUT2D eigenvalue weighted by atomic mass is 10.1. The van der Waals surface area contributed by atoms with Crippen LogP contribution in [0.4, 0.5) is 17.2 Å². The molecule has 7 nitrogen and oxygen atoms in total. The van der Waals surface area contributed by atoms with Crippen LogP contribution in [0.3, 0.4) is 0 Å². The molecule has 142 valence electrons. The normalized spacial score (nSPS) is 10.2. The maximum Gasteiger partial charge on any atom is 0.339 e. The molecule has 0 aliphatic carbocycles. The van der Waals surface area contributed by atoms with Crippen LogP contribution in [-0.2, 0) is 11.2 Å². The topological polar surface area (TPSA) is 93.2 Å². The predicted octanol–water partition coefficient (Wildman–Crippen LogP) is 3.82. The number of rotatable bonds is 6. The van der Waals surface area contributed by atoms with Gasteiger partial charge in [0.2, 0.25) is 0 Å². The summed E-state index contributed by atoms with van der Waals surface area (Å²) in [6, 6.07) is 17.8. The Morgan fingerprint density at radius 2 is 1.64 bits per heavy atom. The second-order valence-electron chi connectivity index (χ2n) is 5.93. The summed E-state index contributed by atoms with van der Waals surface area (Å²) in [5.74, 6) is -0.465. The second-order valence-corrected chi connectivity index (χ2v) is 5.93. The molecule has 2 N–H and O–H groups in total. The zero-order valence-electron chi connectivity index (χ0n) is 15.6. The number of amides is 1. The average molecular weight is 376 g/mol. The summed E-state index contributed by atoms with van der Waals surface area (Å²) < 4.78 is 4.73. The Morgan fingerprint density at radius 3 is 2.32 bits per heavy atom. The third-order valence-electron chi connectivity index (χ3n) is 4.14. The van der Waals surface area contributed by atoms with Gasteiger partial charge in [-0.15, -0.1) is 10.2 Å². The van der Waals surface area contributed by atoms with Crippen molar-refractivity contribution < 1.29 is 14.3 Å². The number of hydrogen-bond donors (Lipinski definition) is 2. The van der Waals surface area contributed by atoms with Crippen molar-refractivity contribution in [3.63, 3.8) is 0 Å². The Hall–Kier alpha value is -3.74. The Bertz CT molecular complexity index is 987. The van der Waals surface area contributed by atoms with E-state index in [9.17, 15) is 9.59 Å². The van der Waals surface area contributed by atoms with Gasteiger partial charge in [-0.05, 0) is 42.3 Å². The van der Waals surface area contributed by atoms with Crippen molar-refractivity contribution in [3.8, 4) is 0 Å². The van der Waals surface area contributed by atoms with Gasteiger partial charge in [-0.2, -0.15) is 0 Å². The van der Waals surface area contributed by atoms with Gasteiger partial charge in [-0.3, -0.25) is 4.79 Å². The van der Waals surface area contributed by atoms with E-state index in [1.165, 1.54) is 7.11 Å². The number of ether oxygens (including phenoxy) is 1. The highest BCUT2D eigenvalue weighted by Crippen LogP contribution is 2.20. The largest absolute Gasteiger partial charge is 0.465 e. The van der Waals surface area contributed by atoms with E-state index in [-0.39, 0.29) is 11.3 Å². The molecule has 3 aromatic rings. The number of carbonyl (C=O) groups is 2. The number of nitrogens with zero attached hydrogens (tertiary/aromatic N) is 2. The Labute approximate surface area is 162 Å². The summed E-state index contributed by atoms with van der Waals surface area (Å²) in [5, 5.41) is 13.9. The first-order chi connectivity index (χ1) is 13.6. The van der Waals surface area contributed by atoms with Gasteiger partial charge in [-0.1, -0.05) is 37.3 Å². The molecule has 0 aliphatic rings. The maximum absolute atomic E-state index is 12.5. The van der Waals surface area contributed by atoms with Crippen molar-refractivity contribution in [2.75, 3.05) is 17.7 Å². The molecule has 1 amide bonds. The molecule has 0 saturated heterocycles. The van der Waals surface area contributed by atoms with Gasteiger partial charge in [-0.25, -0.2) is 4.79 Å². The summed E-state index contributed by atoms with van der Waals surface area (Å²) in [5.41, 5.74) is 2.85. The number of benzene rings is 2. The fraction of sp³-hybridized carbons (Fsp3) is 0.143. The number of aromatic nitrogens is 2. The molecule has 7 heteroatoms. The lowest BCUT2D eigenvalue weighted by molar-refractivity contribution is 0.0602. The minimum absolute atomic E-state index is 0.133. The molecule has 0 fully saturated rings. The van der Waals surface area contributed by atoms with Gasteiger partial charge in [0.15, 0.2) is 11.5 Å². The molecule has 0 unspecified atom stereocenters. The van der Waals surface area contributed by atoms with Crippen molar-refractivity contribution >= 4 is 29.1 Å². The Kier molecular flexibility index (Phi) is 5.96. The van der Waals surface area contributed by atoms with E-state index in [0.717, 1.165) is 17.7 Å². The molecule has 0 bridgehead atoms. The number of methoxy groups -OCH3 is 1. The number of hydrogen-bond acceptors (Lipinski definition) is 6. The fourth-order valence-electron chi connectivity index (χ4n) is 2.67. The molecule has 1 aromatic heterocycles. The minimum Gasteiger partial charge on any atom is -0.465 e. The summed E-state index contributed by atoms with van der Waals surface area (Å²) in [6.45, 7) is 2.08. The van der Waals surface area contributed by atoms with Crippen LogP contribution in [-0.4, -0.2) is 29.2 Å². The SMILES string of the molecule is CCc1ccccc1Nc1ccc(C(=O)Nc2ccccc2C(=O)OC)nn1. The van der Waals surface area contributed by atoms with E-state index >= 15 is 0 Å². The van der Waals surface area contributed by atoms with E-state index in [2.05, 4.69) is 27.8 Å². The van der Waals surface area contributed by atoms with E-state index in [1.54, 1.807) is 36.4 Å². The van der Waals surface area contributed by atoms with Crippen molar-refractivity contribution in [2.45, 2.75) is 13.3 Å². The van der Waals surface area contributed by atoms with Crippen LogP contribution in [0.15, 0.2) is 60.7 Å². The van der Waals surface area contributed by atoms with Crippen molar-refractivity contribution in [1.29, 1.82) is 0 Å². The maximum atomic E-state index is 12.5. The molecule has 0 radical (unpaired) electrons. The first-order valence-corrected chi connectivity index (χ1v) is 8.79. The van der Waals surface area contributed by atoms with Crippen molar-refractivity contribution in [1.82, 2.24) is 10.2 Å². The monoisotopic (exact) mass is 376 g/mol. The van der Waals surface area contributed by atoms with Crippen LogP contribution in [0, 0.1) is 0 Å². The van der Waals surface area contributed by atoms with E-state index < -0.39 is 11.9 Å². The Morgan fingerprint density at radius 1 is 0.929 bits per heavy atom. The van der Waals surface area contributed by atoms with Gasteiger partial charge in [0.1, 0.15) is 0 Å². The smallest absolute Gasteiger partial charge is 0.339 e. The zero-order valence-corrected chi connectivity index (χ0v) is 15.6. The second kappa shape index (κ2) is 8.77. The summed E-state index contributed by atoms with van der Waals surface area (Å²) in [7, 11) is 1.29. The highest BCUT2D eigenvalue weighted by Gasteiger charge is 2.15. The van der Waals surface area contributed by atoms with Crippen LogP contribution in [0.1, 0.15) is 33.3 Å². The van der Waals surface area contributed by atoms with E-state index in [4.69, 9.17) is 4.74 Å². The highest BCUT2D eigenvalue weighted by atomic mass is 16.5. The summed E-state index contributed by atoms with van der Waals surface area (Å²) in [6.07, 6.45) is 0.886. The standard InChI is InChI=1S/C21H20N4O3/c1-3-14-8-4-6-10-16(14)22-19-13-12-18(24-25-19)20(26)23-17-11-7-5-9-15(17)21(27)28-2/h4-13H,3H2,1-2H3,(H,22,25)(H,23,26). The first kappa shape index (κ1) is 19.0. The molecule has 3 rings (SSSR count). The number of aryl methyl sites for hydroxylation is 1. The highest BCUT2D eigenvalue weighted by molar-refractivity contribution is 6.07. The lowest BCUT2D eigenvalue weighted by Gasteiger charge is -2.11. The van der Waals surface area contributed by atoms with Gasteiger partial charge >= 0.3 is 5.97 Å². The molecule has 0 saturated carbocycles. The molecular formula is C21H20N4O3. The summed E-state index contributed by atoms with van der Waals surface area (Å²) >= 11 is 0. The predicted molar refractivity (Wildman–Crippen MR) is 107 cm³/mol. The fourth-order valence-corrected chi connectivity index (χ4v) is 2.67. The van der Waals surface area contributed by atoms with Gasteiger partial charge in [0, 0.05) is 5.69 Å². The van der Waals surface area contributed by atoms with Gasteiger partial charge in [0.05, 0.1) is 18.4 Å². The van der Waals surface area contributed by atoms with Gasteiger partial charge < -0.3 is 15.4 Å². The third-order valence-corrected chi connectivity index (χ3v) is 4.14. The number of esters is 1. The van der Waals surface area contributed by atoms with Crippen LogP contribution < -0.4 is 10.6 Å². The summed E-state index contributed by atoms with van der Waals surface area (Å²) in [4.78, 5) is 24.3. The van der Waals surface area contributed by atoms with Crippen molar-refractivity contribution in [3.05, 3.63) is 77.5 Å². The molecule has 2 aromatic carbocycles. The average Bonchev–Trinajstić information content (AvgIpc) is 2.74. The van der Waals surface area contributed by atoms with Gasteiger partial charge in [0.25, 0.3) is 5.91 Å². The van der Waals surface area contributed by atoms with E-state index in [0.29, 0.717) is 11.5 Å². The number of para-hydroxylation sites is 2. The number of carbonyl (C=O) groups excluding carboxylic acids is 2. The van der Waals surface area contributed by atoms with Crippen LogP contribution in [0.2, 0.25) is 0 Å². The first-order valence-electron chi connectivity index (χ1n) is 8.79. The molecular weight excluding hydrogens is 356 g/mol. The number of nitrogens with one attached hydrogen (secondary N) is 2. The molecule has 1 heterocycles. The molecule has 28 heavy (non-hydrogen) atoms. The lowest BCUT2D eigenvalue weighted by Crippen LogP contribution is -2.17. The van der Waals surface area contributed by atoms with Crippen LogP contribution in [0.5, 0.6) is 0 Å². The van der Waals surface area contributed by atoms with E-state index in [1.807, 2.05) is 24.3 Å². The Balaban J connectivity index is 1.73. The molecule has 0 atom stereocenters. The molecule has 0 aliphatic heterocycles. The molecule has 0 spiro atoms. The third kappa shape index (κ3) is 4.32. The van der Waals surface area contributed by atoms with Crippen LogP contribution >= 0.6 is 0 Å². The minimum atomic E-state index is -0.531. The number of anilines is 3. The van der Waals surface area contributed by atoms with Crippen molar-refractivity contribution in [2.24, 2.45) is 0 Å².